The van der Waals surface area contributed by atoms with Gasteiger partial charge in [0, 0.05) is 17.3 Å². The summed E-state index contributed by atoms with van der Waals surface area (Å²) in [6.07, 6.45) is 0. The van der Waals surface area contributed by atoms with Crippen LogP contribution in [0.5, 0.6) is 5.75 Å². The Balaban J connectivity index is 1.73. The molecule has 0 saturated carbocycles. The molecule has 0 aliphatic carbocycles. The molecule has 0 radical (unpaired) electrons. The molecule has 1 aliphatic rings. The van der Waals surface area contributed by atoms with E-state index in [1.807, 2.05) is 59.3 Å². The van der Waals surface area contributed by atoms with E-state index in [-0.39, 0.29) is 0 Å². The molecule has 3 aromatic rings. The molecule has 0 fully saturated rings. The smallest absolute Gasteiger partial charge is 0.252 e. The second-order valence-electron chi connectivity index (χ2n) is 4.97. The third-order valence-corrected chi connectivity index (χ3v) is 3.67. The highest BCUT2D eigenvalue weighted by Crippen LogP contribution is 2.31. The highest BCUT2D eigenvalue weighted by Gasteiger charge is 2.26. The second kappa shape index (κ2) is 5.07. The van der Waals surface area contributed by atoms with Crippen molar-refractivity contribution in [2.24, 2.45) is 0 Å². The van der Waals surface area contributed by atoms with E-state index in [9.17, 15) is 0 Å². The van der Waals surface area contributed by atoms with Crippen molar-refractivity contribution in [3.63, 3.8) is 0 Å². The number of aromatic nitrogens is 3. The molecule has 6 heteroatoms. The Labute approximate surface area is 127 Å². The summed E-state index contributed by atoms with van der Waals surface area (Å²) in [6.45, 7) is 0.637. The van der Waals surface area contributed by atoms with Gasteiger partial charge < -0.3 is 10.2 Å². The van der Waals surface area contributed by atoms with E-state index in [2.05, 4.69) is 20.5 Å². The molecule has 110 valence electrons. The van der Waals surface area contributed by atoms with Gasteiger partial charge in [-0.3, -0.25) is 4.90 Å². The fraction of sp³-hybridized carbons (Fsp3) is 0.125. The minimum absolute atomic E-state index is 0.637. The number of methoxy groups -OCH3 is 1. The van der Waals surface area contributed by atoms with Crippen molar-refractivity contribution >= 4 is 11.6 Å². The zero-order chi connectivity index (χ0) is 14.9. The van der Waals surface area contributed by atoms with E-state index in [1.54, 1.807) is 7.11 Å². The molecular formula is C16H15N5O. The number of nitrogens with zero attached hydrogens (tertiary/aromatic N) is 4. The van der Waals surface area contributed by atoms with Gasteiger partial charge in [-0.25, -0.2) is 4.68 Å². The molecule has 1 N–H and O–H groups in total. The molecule has 1 aliphatic heterocycles. The van der Waals surface area contributed by atoms with Crippen LogP contribution in [0.25, 0.3) is 11.4 Å². The lowest BCUT2D eigenvalue weighted by Gasteiger charge is -2.14. The summed E-state index contributed by atoms with van der Waals surface area (Å²) in [5.41, 5.74) is 5.35. The largest absolute Gasteiger partial charge is 0.497 e. The summed E-state index contributed by atoms with van der Waals surface area (Å²) in [7, 11) is 1.66. The molecule has 22 heavy (non-hydrogen) atoms. The summed E-state index contributed by atoms with van der Waals surface area (Å²) in [6, 6.07) is 17.9. The molecule has 0 amide bonds. The fourth-order valence-electron chi connectivity index (χ4n) is 2.57. The third kappa shape index (κ3) is 1.96. The maximum atomic E-state index is 5.29. The first-order valence-corrected chi connectivity index (χ1v) is 7.03. The molecule has 0 unspecified atom stereocenters. The van der Waals surface area contributed by atoms with Crippen LogP contribution in [0.2, 0.25) is 0 Å². The van der Waals surface area contributed by atoms with Crippen molar-refractivity contribution < 1.29 is 4.74 Å². The Hall–Kier alpha value is -3.02. The number of nitrogens with one attached hydrogen (secondary N) is 1. The quantitative estimate of drug-likeness (QED) is 0.804. The number of rotatable bonds is 3. The van der Waals surface area contributed by atoms with Gasteiger partial charge >= 0.3 is 0 Å². The predicted molar refractivity (Wildman–Crippen MR) is 84.8 cm³/mol. The van der Waals surface area contributed by atoms with Gasteiger partial charge in [-0.1, -0.05) is 36.4 Å². The molecule has 6 nitrogen and oxygen atoms in total. The van der Waals surface area contributed by atoms with Crippen molar-refractivity contribution in [1.82, 2.24) is 14.9 Å². The van der Waals surface area contributed by atoms with Gasteiger partial charge in [-0.15, -0.1) is 10.2 Å². The Morgan fingerprint density at radius 2 is 1.91 bits per heavy atom. The van der Waals surface area contributed by atoms with Crippen LogP contribution in [0, 0.1) is 0 Å². The van der Waals surface area contributed by atoms with Gasteiger partial charge in [0.2, 0.25) is 0 Å². The minimum atomic E-state index is 0.637. The first kappa shape index (κ1) is 12.7. The zero-order valence-corrected chi connectivity index (χ0v) is 12.1. The Bertz CT molecular complexity index is 799. The average molecular weight is 293 g/mol. The lowest BCUT2D eigenvalue weighted by Crippen LogP contribution is -2.18. The molecule has 0 spiro atoms. The van der Waals surface area contributed by atoms with Crippen LogP contribution in [-0.4, -0.2) is 28.7 Å². The van der Waals surface area contributed by atoms with Gasteiger partial charge in [-0.05, 0) is 12.1 Å². The zero-order valence-electron chi connectivity index (χ0n) is 12.1. The first-order valence-electron chi connectivity index (χ1n) is 7.03. The summed E-state index contributed by atoms with van der Waals surface area (Å²) in [5.74, 6) is 2.40. The first-order chi connectivity index (χ1) is 10.9. The molecule has 0 atom stereocenters. The molecule has 2 aromatic carbocycles. The Morgan fingerprint density at radius 1 is 1.05 bits per heavy atom. The van der Waals surface area contributed by atoms with E-state index < -0.39 is 0 Å². The summed E-state index contributed by atoms with van der Waals surface area (Å²) in [4.78, 5) is 2.06. The maximum Gasteiger partial charge on any atom is 0.252 e. The standard InChI is InChI=1S/C16H15N5O/c1-22-14-9-5-8-13(10-14)20-11-17-21-15(18-19-16(20)21)12-6-3-2-4-7-12/h2-10,17H,11H2,1H3. The van der Waals surface area contributed by atoms with E-state index in [0.29, 0.717) is 6.67 Å². The lowest BCUT2D eigenvalue weighted by molar-refractivity contribution is 0.415. The van der Waals surface area contributed by atoms with Crippen LogP contribution in [-0.2, 0) is 0 Å². The van der Waals surface area contributed by atoms with E-state index in [1.165, 1.54) is 0 Å². The lowest BCUT2D eigenvalue weighted by atomic mass is 10.2. The van der Waals surface area contributed by atoms with Gasteiger partial charge in [0.05, 0.1) is 7.11 Å². The van der Waals surface area contributed by atoms with Crippen molar-refractivity contribution in [3.05, 3.63) is 54.6 Å². The van der Waals surface area contributed by atoms with E-state index >= 15 is 0 Å². The van der Waals surface area contributed by atoms with Crippen LogP contribution in [0.4, 0.5) is 11.6 Å². The summed E-state index contributed by atoms with van der Waals surface area (Å²) >= 11 is 0. The van der Waals surface area contributed by atoms with E-state index in [0.717, 1.165) is 28.8 Å². The molecule has 1 aromatic heterocycles. The van der Waals surface area contributed by atoms with Crippen molar-refractivity contribution in [2.45, 2.75) is 0 Å². The van der Waals surface area contributed by atoms with Crippen molar-refractivity contribution in [2.75, 3.05) is 24.1 Å². The molecule has 4 rings (SSSR count). The summed E-state index contributed by atoms with van der Waals surface area (Å²) < 4.78 is 7.20. The van der Waals surface area contributed by atoms with Crippen LogP contribution in [0.3, 0.4) is 0 Å². The van der Waals surface area contributed by atoms with Crippen LogP contribution in [0.1, 0.15) is 0 Å². The van der Waals surface area contributed by atoms with Crippen molar-refractivity contribution in [1.29, 1.82) is 0 Å². The third-order valence-electron chi connectivity index (χ3n) is 3.67. The number of benzene rings is 2. The predicted octanol–water partition coefficient (Wildman–Crippen LogP) is 2.61. The van der Waals surface area contributed by atoms with Gasteiger partial charge in [-0.2, -0.15) is 0 Å². The molecular weight excluding hydrogens is 278 g/mol. The number of ether oxygens (including phenoxy) is 1. The number of anilines is 2. The van der Waals surface area contributed by atoms with Gasteiger partial charge in [0.15, 0.2) is 5.82 Å². The summed E-state index contributed by atoms with van der Waals surface area (Å²) in [5, 5.41) is 8.63. The number of hydrogen-bond acceptors (Lipinski definition) is 5. The second-order valence-corrected chi connectivity index (χ2v) is 4.97. The minimum Gasteiger partial charge on any atom is -0.497 e. The number of hydrogen-bond donors (Lipinski definition) is 1. The maximum absolute atomic E-state index is 5.29. The molecule has 0 bridgehead atoms. The highest BCUT2D eigenvalue weighted by molar-refractivity contribution is 5.66. The SMILES string of the molecule is COc1cccc(N2CNn3c(-c4ccccc4)nnc32)c1. The average Bonchev–Trinajstić information content (AvgIpc) is 3.17. The van der Waals surface area contributed by atoms with Gasteiger partial charge in [0.25, 0.3) is 5.95 Å². The Morgan fingerprint density at radius 3 is 2.73 bits per heavy atom. The van der Waals surface area contributed by atoms with E-state index in [4.69, 9.17) is 4.74 Å². The van der Waals surface area contributed by atoms with Crippen LogP contribution < -0.4 is 15.1 Å². The molecule has 0 saturated heterocycles. The highest BCUT2D eigenvalue weighted by atomic mass is 16.5. The fourth-order valence-corrected chi connectivity index (χ4v) is 2.57. The number of fused-ring (bicyclic) bond motifs is 1. The normalized spacial score (nSPS) is 12.9. The van der Waals surface area contributed by atoms with Crippen molar-refractivity contribution in [3.8, 4) is 17.1 Å². The molecule has 2 heterocycles. The monoisotopic (exact) mass is 293 g/mol. The topological polar surface area (TPSA) is 55.2 Å². The Kier molecular flexibility index (Phi) is 2.93. The van der Waals surface area contributed by atoms with Gasteiger partial charge in [0.1, 0.15) is 12.4 Å². The van der Waals surface area contributed by atoms with Crippen LogP contribution in [0.15, 0.2) is 54.6 Å². The van der Waals surface area contributed by atoms with Crippen LogP contribution >= 0.6 is 0 Å².